The minimum Gasteiger partial charge on any atom is -0.481 e. The van der Waals surface area contributed by atoms with Gasteiger partial charge in [0, 0.05) is 26.2 Å². The zero-order valence-corrected chi connectivity index (χ0v) is 15.7. The lowest BCUT2D eigenvalue weighted by molar-refractivity contribution is 0.0527. The lowest BCUT2D eigenvalue weighted by atomic mass is 10.2. The van der Waals surface area contributed by atoms with Crippen LogP contribution >= 0.6 is 0 Å². The van der Waals surface area contributed by atoms with Gasteiger partial charge >= 0.3 is 6.09 Å². The second-order valence-corrected chi connectivity index (χ2v) is 6.31. The van der Waals surface area contributed by atoms with Crippen LogP contribution in [0.25, 0.3) is 0 Å². The Kier molecular flexibility index (Phi) is 8.52. The number of carbonyl (C=O) groups excluding carboxylic acids is 1. The minimum absolute atomic E-state index is 0.404. The van der Waals surface area contributed by atoms with Crippen molar-refractivity contribution >= 4 is 12.1 Å². The summed E-state index contributed by atoms with van der Waals surface area (Å²) in [6.45, 7) is 7.23. The number of aromatic nitrogens is 1. The smallest absolute Gasteiger partial charge is 0.407 e. The molecule has 0 radical (unpaired) electrons. The molecule has 8 heteroatoms. The highest BCUT2D eigenvalue weighted by Gasteiger charge is 2.15. The van der Waals surface area contributed by atoms with E-state index in [2.05, 4.69) is 25.9 Å². The van der Waals surface area contributed by atoms with E-state index in [1.54, 1.807) is 20.2 Å². The molecule has 0 aliphatic carbocycles. The molecule has 0 unspecified atom stereocenters. The fraction of sp³-hybridized carbons (Fsp3) is 0.588. The maximum Gasteiger partial charge on any atom is 0.407 e. The van der Waals surface area contributed by atoms with Crippen molar-refractivity contribution in [2.24, 2.45) is 4.99 Å². The number of rotatable bonds is 7. The number of nitrogens with zero attached hydrogens (tertiary/aromatic N) is 2. The summed E-state index contributed by atoms with van der Waals surface area (Å²) in [6, 6.07) is 5.60. The van der Waals surface area contributed by atoms with E-state index in [1.807, 2.05) is 32.9 Å². The fourth-order valence-electron chi connectivity index (χ4n) is 1.86. The summed E-state index contributed by atoms with van der Waals surface area (Å²) in [7, 11) is 3.29. The Hall–Kier alpha value is -2.51. The highest BCUT2D eigenvalue weighted by atomic mass is 16.6. The number of ether oxygens (including phenoxy) is 2. The SMILES string of the molecule is CN=C(NCCCNC(=O)OC(C)(C)C)NCc1cccc(OC)n1. The lowest BCUT2D eigenvalue weighted by Gasteiger charge is -2.19. The standard InChI is InChI=1S/C17H29N5O3/c1-17(2,3)25-16(23)20-11-7-10-19-15(18-4)21-12-13-8-6-9-14(22-13)24-5/h6,8-9H,7,10-12H2,1-5H3,(H,20,23)(H2,18,19,21). The first-order valence-electron chi connectivity index (χ1n) is 8.25. The molecule has 1 aromatic heterocycles. The number of alkyl carbamates (subject to hydrolysis) is 1. The highest BCUT2D eigenvalue weighted by Crippen LogP contribution is 2.06. The zero-order valence-electron chi connectivity index (χ0n) is 15.7. The predicted octanol–water partition coefficient (Wildman–Crippen LogP) is 1.67. The molecule has 0 bridgehead atoms. The van der Waals surface area contributed by atoms with E-state index >= 15 is 0 Å². The number of hydrogen-bond donors (Lipinski definition) is 3. The molecular weight excluding hydrogens is 322 g/mol. The zero-order chi connectivity index (χ0) is 18.7. The molecule has 0 fully saturated rings. The van der Waals surface area contributed by atoms with Crippen LogP contribution in [0.3, 0.4) is 0 Å². The quantitative estimate of drug-likeness (QED) is 0.393. The summed E-state index contributed by atoms with van der Waals surface area (Å²) in [5.74, 6) is 1.25. The van der Waals surface area contributed by atoms with Crippen LogP contribution in [0.4, 0.5) is 4.79 Å². The largest absolute Gasteiger partial charge is 0.481 e. The Labute approximate surface area is 149 Å². The molecule has 0 saturated heterocycles. The second-order valence-electron chi connectivity index (χ2n) is 6.31. The molecule has 1 heterocycles. The van der Waals surface area contributed by atoms with E-state index in [-0.39, 0.29) is 0 Å². The van der Waals surface area contributed by atoms with Gasteiger partial charge in [-0.25, -0.2) is 9.78 Å². The van der Waals surface area contributed by atoms with Crippen LogP contribution in [-0.4, -0.2) is 49.9 Å². The number of pyridine rings is 1. The Morgan fingerprint density at radius 3 is 2.56 bits per heavy atom. The third-order valence-corrected chi connectivity index (χ3v) is 2.97. The number of guanidine groups is 1. The van der Waals surface area contributed by atoms with Gasteiger partial charge in [0.15, 0.2) is 5.96 Å². The van der Waals surface area contributed by atoms with Crippen molar-refractivity contribution in [3.05, 3.63) is 23.9 Å². The van der Waals surface area contributed by atoms with Gasteiger partial charge in [0.25, 0.3) is 0 Å². The first kappa shape index (κ1) is 20.5. The third kappa shape index (κ3) is 9.39. The summed E-state index contributed by atoms with van der Waals surface area (Å²) in [4.78, 5) is 20.0. The third-order valence-electron chi connectivity index (χ3n) is 2.97. The van der Waals surface area contributed by atoms with Gasteiger partial charge in [0.2, 0.25) is 5.88 Å². The van der Waals surface area contributed by atoms with Gasteiger partial charge in [-0.3, -0.25) is 4.99 Å². The molecule has 25 heavy (non-hydrogen) atoms. The second kappa shape index (κ2) is 10.4. The van der Waals surface area contributed by atoms with E-state index in [1.165, 1.54) is 0 Å². The van der Waals surface area contributed by atoms with E-state index in [4.69, 9.17) is 9.47 Å². The van der Waals surface area contributed by atoms with Gasteiger partial charge in [-0.2, -0.15) is 0 Å². The minimum atomic E-state index is -0.484. The van der Waals surface area contributed by atoms with Crippen LogP contribution in [0.2, 0.25) is 0 Å². The number of aliphatic imine (C=N–C) groups is 1. The number of hydrogen-bond acceptors (Lipinski definition) is 5. The van der Waals surface area contributed by atoms with Crippen LogP contribution in [0.5, 0.6) is 5.88 Å². The van der Waals surface area contributed by atoms with Gasteiger partial charge in [-0.05, 0) is 33.3 Å². The number of carbonyl (C=O) groups is 1. The summed E-state index contributed by atoms with van der Waals surface area (Å²) in [6.07, 6.45) is 0.344. The molecule has 0 atom stereocenters. The first-order valence-corrected chi connectivity index (χ1v) is 8.25. The average Bonchev–Trinajstić information content (AvgIpc) is 2.56. The number of amides is 1. The van der Waals surface area contributed by atoms with Gasteiger partial charge in [0.1, 0.15) is 5.60 Å². The van der Waals surface area contributed by atoms with Crippen molar-refractivity contribution in [2.75, 3.05) is 27.2 Å². The van der Waals surface area contributed by atoms with Crippen molar-refractivity contribution in [1.29, 1.82) is 0 Å². The maximum atomic E-state index is 11.5. The van der Waals surface area contributed by atoms with Crippen LogP contribution < -0.4 is 20.7 Å². The Morgan fingerprint density at radius 1 is 1.20 bits per heavy atom. The number of methoxy groups -OCH3 is 1. The predicted molar refractivity (Wildman–Crippen MR) is 97.8 cm³/mol. The normalized spacial score (nSPS) is 11.6. The molecule has 0 saturated carbocycles. The highest BCUT2D eigenvalue weighted by molar-refractivity contribution is 5.79. The van der Waals surface area contributed by atoms with E-state index in [0.29, 0.717) is 31.5 Å². The Morgan fingerprint density at radius 2 is 1.92 bits per heavy atom. The topological polar surface area (TPSA) is 96.9 Å². The van der Waals surface area contributed by atoms with Gasteiger partial charge in [-0.15, -0.1) is 0 Å². The number of nitrogens with one attached hydrogen (secondary N) is 3. The van der Waals surface area contributed by atoms with Crippen molar-refractivity contribution in [3.63, 3.8) is 0 Å². The molecule has 140 valence electrons. The van der Waals surface area contributed by atoms with Crippen LogP contribution in [0.1, 0.15) is 32.9 Å². The summed E-state index contributed by atoms with van der Waals surface area (Å²) >= 11 is 0. The van der Waals surface area contributed by atoms with Crippen LogP contribution in [0.15, 0.2) is 23.2 Å². The lowest BCUT2D eigenvalue weighted by Crippen LogP contribution is -2.39. The van der Waals surface area contributed by atoms with Gasteiger partial charge in [-0.1, -0.05) is 6.07 Å². The Balaban J connectivity index is 2.23. The molecule has 0 spiro atoms. The average molecular weight is 351 g/mol. The molecule has 0 aliphatic rings. The van der Waals surface area contributed by atoms with Crippen molar-refractivity contribution in [3.8, 4) is 5.88 Å². The van der Waals surface area contributed by atoms with Crippen LogP contribution in [-0.2, 0) is 11.3 Å². The summed E-state index contributed by atoms with van der Waals surface area (Å²) < 4.78 is 10.3. The van der Waals surface area contributed by atoms with E-state index in [0.717, 1.165) is 12.1 Å². The Bertz CT molecular complexity index is 570. The monoisotopic (exact) mass is 351 g/mol. The summed E-state index contributed by atoms with van der Waals surface area (Å²) in [5, 5.41) is 9.07. The first-order chi connectivity index (χ1) is 11.8. The van der Waals surface area contributed by atoms with Crippen molar-refractivity contribution in [2.45, 2.75) is 39.3 Å². The van der Waals surface area contributed by atoms with E-state index < -0.39 is 11.7 Å². The van der Waals surface area contributed by atoms with Crippen molar-refractivity contribution < 1.29 is 14.3 Å². The fourth-order valence-corrected chi connectivity index (χ4v) is 1.86. The molecule has 0 aromatic carbocycles. The molecule has 0 aliphatic heterocycles. The summed E-state index contributed by atoms with van der Waals surface area (Å²) in [5.41, 5.74) is 0.372. The van der Waals surface area contributed by atoms with Gasteiger partial charge < -0.3 is 25.4 Å². The molecule has 8 nitrogen and oxygen atoms in total. The molecular formula is C17H29N5O3. The molecule has 3 N–H and O–H groups in total. The van der Waals surface area contributed by atoms with Crippen LogP contribution in [0, 0.1) is 0 Å². The molecule has 1 aromatic rings. The molecule has 1 amide bonds. The van der Waals surface area contributed by atoms with Crippen molar-refractivity contribution in [1.82, 2.24) is 20.9 Å². The van der Waals surface area contributed by atoms with Gasteiger partial charge in [0.05, 0.1) is 19.3 Å². The van der Waals surface area contributed by atoms with E-state index in [9.17, 15) is 4.79 Å². The maximum absolute atomic E-state index is 11.5. The molecule has 1 rings (SSSR count).